The molecular weight excluding hydrogens is 366 g/mol. The van der Waals surface area contributed by atoms with Gasteiger partial charge in [0.15, 0.2) is 6.29 Å². The SMILES string of the molecule is O=S(=O)(NCC1OCCCO1)c1cc(Br)c(Cl)s1. The van der Waals surface area contributed by atoms with E-state index in [2.05, 4.69) is 20.7 Å². The highest BCUT2D eigenvalue weighted by Crippen LogP contribution is 2.34. The van der Waals surface area contributed by atoms with Gasteiger partial charge in [-0.1, -0.05) is 11.6 Å². The normalized spacial score (nSPS) is 18.1. The van der Waals surface area contributed by atoms with Crippen LogP contribution in [0.1, 0.15) is 6.42 Å². The molecule has 0 radical (unpaired) electrons. The van der Waals surface area contributed by atoms with E-state index in [-0.39, 0.29) is 10.8 Å². The molecule has 1 aliphatic rings. The van der Waals surface area contributed by atoms with Crippen LogP contribution in [0.3, 0.4) is 0 Å². The summed E-state index contributed by atoms with van der Waals surface area (Å²) in [5.74, 6) is 0. The first-order valence-corrected chi connectivity index (χ1v) is 8.64. The molecule has 18 heavy (non-hydrogen) atoms. The molecular formula is C9H11BrClNO4S2. The van der Waals surface area contributed by atoms with Crippen LogP contribution in [0.25, 0.3) is 0 Å². The zero-order valence-electron chi connectivity index (χ0n) is 9.19. The summed E-state index contributed by atoms with van der Waals surface area (Å²) >= 11 is 9.98. The van der Waals surface area contributed by atoms with Crippen LogP contribution in [0.15, 0.2) is 14.7 Å². The van der Waals surface area contributed by atoms with Crippen molar-refractivity contribution < 1.29 is 17.9 Å². The summed E-state index contributed by atoms with van der Waals surface area (Å²) in [5.41, 5.74) is 0. The number of thiophene rings is 1. The summed E-state index contributed by atoms with van der Waals surface area (Å²) in [6, 6.07) is 1.47. The number of hydrogen-bond acceptors (Lipinski definition) is 5. The largest absolute Gasteiger partial charge is 0.351 e. The van der Waals surface area contributed by atoms with Crippen LogP contribution >= 0.6 is 38.9 Å². The molecule has 1 N–H and O–H groups in total. The molecule has 0 spiro atoms. The maximum absolute atomic E-state index is 11.9. The lowest BCUT2D eigenvalue weighted by molar-refractivity contribution is -0.173. The molecule has 0 aromatic carbocycles. The molecule has 0 atom stereocenters. The first kappa shape index (κ1) is 14.7. The first-order valence-electron chi connectivity index (χ1n) is 5.17. The maximum Gasteiger partial charge on any atom is 0.250 e. The Balaban J connectivity index is 1.98. The second-order valence-corrected chi connectivity index (χ2v) is 8.07. The van der Waals surface area contributed by atoms with Crippen LogP contribution in [-0.4, -0.2) is 34.5 Å². The van der Waals surface area contributed by atoms with Gasteiger partial charge in [-0.2, -0.15) is 0 Å². The van der Waals surface area contributed by atoms with Crippen molar-refractivity contribution in [3.63, 3.8) is 0 Å². The van der Waals surface area contributed by atoms with Gasteiger partial charge in [-0.05, 0) is 28.4 Å². The standard InChI is InChI=1S/C9H11BrClNO4S2/c10-6-4-8(17-9(6)11)18(13,14)12-5-7-15-2-1-3-16-7/h4,7,12H,1-3,5H2. The van der Waals surface area contributed by atoms with Gasteiger partial charge in [-0.25, -0.2) is 13.1 Å². The molecule has 0 bridgehead atoms. The third kappa shape index (κ3) is 3.66. The summed E-state index contributed by atoms with van der Waals surface area (Å²) < 4.78 is 38.0. The zero-order chi connectivity index (χ0) is 13.2. The van der Waals surface area contributed by atoms with Gasteiger partial charge in [-0.3, -0.25) is 0 Å². The van der Waals surface area contributed by atoms with Crippen molar-refractivity contribution in [2.45, 2.75) is 16.9 Å². The van der Waals surface area contributed by atoms with E-state index in [4.69, 9.17) is 21.1 Å². The molecule has 5 nitrogen and oxygen atoms in total. The zero-order valence-corrected chi connectivity index (χ0v) is 13.2. The van der Waals surface area contributed by atoms with E-state index in [0.29, 0.717) is 22.0 Å². The Hall–Kier alpha value is 0.300. The Kier molecular flexibility index (Phi) is 5.04. The third-order valence-corrected chi connectivity index (χ3v) is 6.60. The minimum Gasteiger partial charge on any atom is -0.351 e. The molecule has 1 aliphatic heterocycles. The van der Waals surface area contributed by atoms with Crippen molar-refractivity contribution in [2.24, 2.45) is 0 Å². The fraction of sp³-hybridized carbons (Fsp3) is 0.556. The highest BCUT2D eigenvalue weighted by atomic mass is 79.9. The Morgan fingerprint density at radius 1 is 1.50 bits per heavy atom. The molecule has 0 saturated carbocycles. The molecule has 2 heterocycles. The van der Waals surface area contributed by atoms with Gasteiger partial charge >= 0.3 is 0 Å². The van der Waals surface area contributed by atoms with Crippen LogP contribution in [-0.2, 0) is 19.5 Å². The molecule has 102 valence electrons. The van der Waals surface area contributed by atoms with Gasteiger partial charge < -0.3 is 9.47 Å². The smallest absolute Gasteiger partial charge is 0.250 e. The molecule has 0 amide bonds. The molecule has 0 unspecified atom stereocenters. The van der Waals surface area contributed by atoms with E-state index < -0.39 is 16.3 Å². The molecule has 1 saturated heterocycles. The van der Waals surface area contributed by atoms with E-state index in [9.17, 15) is 8.42 Å². The van der Waals surface area contributed by atoms with Crippen molar-refractivity contribution in [1.82, 2.24) is 4.72 Å². The Morgan fingerprint density at radius 3 is 2.72 bits per heavy atom. The summed E-state index contributed by atoms with van der Waals surface area (Å²) in [7, 11) is -3.57. The number of rotatable bonds is 4. The summed E-state index contributed by atoms with van der Waals surface area (Å²) in [6.07, 6.45) is 0.309. The van der Waals surface area contributed by atoms with E-state index in [1.807, 2.05) is 0 Å². The highest BCUT2D eigenvalue weighted by molar-refractivity contribution is 9.10. The average Bonchev–Trinajstić information content (AvgIpc) is 2.70. The van der Waals surface area contributed by atoms with Crippen LogP contribution in [0, 0.1) is 0 Å². The van der Waals surface area contributed by atoms with Gasteiger partial charge in [0.05, 0.1) is 19.8 Å². The monoisotopic (exact) mass is 375 g/mol. The van der Waals surface area contributed by atoms with Crippen molar-refractivity contribution in [2.75, 3.05) is 19.8 Å². The molecule has 1 aromatic rings. The third-order valence-electron chi connectivity index (χ3n) is 2.22. The topological polar surface area (TPSA) is 64.6 Å². The van der Waals surface area contributed by atoms with Gasteiger partial charge in [0, 0.05) is 4.47 Å². The Labute approximate surface area is 123 Å². The van der Waals surface area contributed by atoms with Gasteiger partial charge in [0.2, 0.25) is 10.0 Å². The van der Waals surface area contributed by atoms with Crippen molar-refractivity contribution in [3.8, 4) is 0 Å². The number of nitrogens with one attached hydrogen (secondary N) is 1. The number of halogens is 2. The van der Waals surface area contributed by atoms with E-state index in [0.717, 1.165) is 17.8 Å². The van der Waals surface area contributed by atoms with Crippen molar-refractivity contribution >= 4 is 48.9 Å². The molecule has 2 rings (SSSR count). The Morgan fingerprint density at radius 2 is 2.17 bits per heavy atom. The summed E-state index contributed by atoms with van der Waals surface area (Å²) in [5, 5.41) is 0. The summed E-state index contributed by atoms with van der Waals surface area (Å²) in [4.78, 5) is 0. The van der Waals surface area contributed by atoms with Crippen LogP contribution in [0.2, 0.25) is 4.34 Å². The lowest BCUT2D eigenvalue weighted by Gasteiger charge is -2.23. The van der Waals surface area contributed by atoms with Crippen LogP contribution in [0.4, 0.5) is 0 Å². The molecule has 1 fully saturated rings. The quantitative estimate of drug-likeness (QED) is 0.875. The molecule has 9 heteroatoms. The van der Waals surface area contributed by atoms with E-state index in [1.54, 1.807) is 0 Å². The second-order valence-electron chi connectivity index (χ2n) is 3.56. The minimum atomic E-state index is -3.57. The average molecular weight is 377 g/mol. The number of hydrogen-bond donors (Lipinski definition) is 1. The first-order chi connectivity index (χ1) is 8.49. The molecule has 0 aliphatic carbocycles. The maximum atomic E-state index is 11.9. The predicted octanol–water partition coefficient (Wildman–Crippen LogP) is 2.21. The van der Waals surface area contributed by atoms with Crippen molar-refractivity contribution in [3.05, 3.63) is 14.9 Å². The number of sulfonamides is 1. The Bertz CT molecular complexity index is 493. The fourth-order valence-electron chi connectivity index (χ4n) is 1.36. The van der Waals surface area contributed by atoms with Crippen LogP contribution < -0.4 is 4.72 Å². The lowest BCUT2D eigenvalue weighted by atomic mass is 10.4. The van der Waals surface area contributed by atoms with Crippen LogP contribution in [0.5, 0.6) is 0 Å². The van der Waals surface area contributed by atoms with Gasteiger partial charge in [0.25, 0.3) is 0 Å². The fourth-order valence-corrected chi connectivity index (χ4v) is 4.72. The minimum absolute atomic E-state index is 0.0927. The van der Waals surface area contributed by atoms with E-state index >= 15 is 0 Å². The van der Waals surface area contributed by atoms with Gasteiger partial charge in [-0.15, -0.1) is 11.3 Å². The van der Waals surface area contributed by atoms with Gasteiger partial charge in [0.1, 0.15) is 8.55 Å². The van der Waals surface area contributed by atoms with Crippen molar-refractivity contribution in [1.29, 1.82) is 0 Å². The number of ether oxygens (including phenoxy) is 2. The van der Waals surface area contributed by atoms with E-state index in [1.165, 1.54) is 6.07 Å². The predicted molar refractivity (Wildman–Crippen MR) is 72.5 cm³/mol. The molecule has 1 aromatic heterocycles. The second kappa shape index (κ2) is 6.17. The lowest BCUT2D eigenvalue weighted by Crippen LogP contribution is -2.37. The highest BCUT2D eigenvalue weighted by Gasteiger charge is 2.22. The summed E-state index contributed by atoms with van der Waals surface area (Å²) in [6.45, 7) is 1.26.